The molecular formula is C13H17Cl2NO3. The van der Waals surface area contributed by atoms with E-state index < -0.39 is 0 Å². The van der Waals surface area contributed by atoms with E-state index in [-0.39, 0.29) is 5.91 Å². The van der Waals surface area contributed by atoms with Gasteiger partial charge in [0.15, 0.2) is 0 Å². The van der Waals surface area contributed by atoms with E-state index in [1.807, 2.05) is 0 Å². The number of carbonyl (C=O) groups is 1. The van der Waals surface area contributed by atoms with Crippen molar-refractivity contribution in [3.8, 4) is 11.5 Å². The van der Waals surface area contributed by atoms with Gasteiger partial charge in [-0.25, -0.2) is 0 Å². The Labute approximate surface area is 123 Å². The summed E-state index contributed by atoms with van der Waals surface area (Å²) in [6, 6.07) is 5.05. The van der Waals surface area contributed by atoms with Crippen LogP contribution in [0.15, 0.2) is 18.2 Å². The molecule has 0 atom stereocenters. The van der Waals surface area contributed by atoms with Crippen LogP contribution in [0, 0.1) is 0 Å². The van der Waals surface area contributed by atoms with Crippen molar-refractivity contribution in [1.82, 2.24) is 4.90 Å². The topological polar surface area (TPSA) is 38.8 Å². The Morgan fingerprint density at radius 1 is 1.05 bits per heavy atom. The number of ether oxygens (including phenoxy) is 2. The average molecular weight is 306 g/mol. The Hall–Kier alpha value is -1.13. The summed E-state index contributed by atoms with van der Waals surface area (Å²) in [5.41, 5.74) is 0.492. The number of hydrogen-bond donors (Lipinski definition) is 0. The third-order valence-corrected chi connectivity index (χ3v) is 2.93. The molecule has 1 aromatic carbocycles. The molecule has 0 saturated carbocycles. The maximum Gasteiger partial charge on any atom is 0.254 e. The minimum atomic E-state index is -0.140. The number of methoxy groups -OCH3 is 2. The van der Waals surface area contributed by atoms with Crippen LogP contribution in [0.2, 0.25) is 0 Å². The van der Waals surface area contributed by atoms with Crippen molar-refractivity contribution in [3.63, 3.8) is 0 Å². The number of nitrogens with zero attached hydrogens (tertiary/aromatic N) is 1. The smallest absolute Gasteiger partial charge is 0.254 e. The van der Waals surface area contributed by atoms with Gasteiger partial charge in [0.1, 0.15) is 11.5 Å². The van der Waals surface area contributed by atoms with Crippen molar-refractivity contribution in [3.05, 3.63) is 23.8 Å². The van der Waals surface area contributed by atoms with Crippen LogP contribution in [0.1, 0.15) is 10.4 Å². The summed E-state index contributed by atoms with van der Waals surface area (Å²) in [5, 5.41) is 0. The molecule has 0 spiro atoms. The normalized spacial score (nSPS) is 10.1. The minimum absolute atomic E-state index is 0.140. The molecule has 19 heavy (non-hydrogen) atoms. The predicted molar refractivity (Wildman–Crippen MR) is 76.9 cm³/mol. The van der Waals surface area contributed by atoms with Crippen LogP contribution >= 0.6 is 23.2 Å². The molecule has 0 aliphatic heterocycles. The highest BCUT2D eigenvalue weighted by Gasteiger charge is 2.16. The Morgan fingerprint density at radius 2 is 1.53 bits per heavy atom. The molecule has 0 fully saturated rings. The second kappa shape index (κ2) is 8.12. The van der Waals surface area contributed by atoms with Crippen LogP contribution in [0.4, 0.5) is 0 Å². The van der Waals surface area contributed by atoms with Crippen molar-refractivity contribution in [2.75, 3.05) is 39.1 Å². The van der Waals surface area contributed by atoms with E-state index in [2.05, 4.69) is 0 Å². The van der Waals surface area contributed by atoms with Gasteiger partial charge < -0.3 is 14.4 Å². The number of benzene rings is 1. The van der Waals surface area contributed by atoms with E-state index >= 15 is 0 Å². The Morgan fingerprint density at radius 3 is 1.89 bits per heavy atom. The monoisotopic (exact) mass is 305 g/mol. The largest absolute Gasteiger partial charge is 0.497 e. The summed E-state index contributed by atoms with van der Waals surface area (Å²) in [7, 11) is 3.08. The van der Waals surface area contributed by atoms with Gasteiger partial charge in [-0.1, -0.05) is 0 Å². The lowest BCUT2D eigenvalue weighted by Crippen LogP contribution is -2.34. The summed E-state index contributed by atoms with van der Waals surface area (Å²) < 4.78 is 10.3. The standard InChI is InChI=1S/C13H17Cl2NO3/c1-18-11-7-10(8-12(9-11)19-2)13(17)16(5-3-14)6-4-15/h7-9H,3-6H2,1-2H3. The van der Waals surface area contributed by atoms with Crippen molar-refractivity contribution < 1.29 is 14.3 Å². The third-order valence-electron chi connectivity index (χ3n) is 2.59. The number of halogens is 2. The van der Waals surface area contributed by atoms with E-state index in [0.717, 1.165) is 0 Å². The quantitative estimate of drug-likeness (QED) is 0.727. The SMILES string of the molecule is COc1cc(OC)cc(C(=O)N(CCCl)CCCl)c1. The molecule has 1 amide bonds. The minimum Gasteiger partial charge on any atom is -0.497 e. The maximum atomic E-state index is 12.4. The molecule has 0 aliphatic rings. The van der Waals surface area contributed by atoms with Crippen LogP contribution in [-0.2, 0) is 0 Å². The van der Waals surface area contributed by atoms with E-state index in [1.165, 1.54) is 0 Å². The van der Waals surface area contributed by atoms with Gasteiger partial charge >= 0.3 is 0 Å². The lowest BCUT2D eigenvalue weighted by molar-refractivity contribution is 0.0774. The molecule has 1 rings (SSSR count). The summed E-state index contributed by atoms with van der Waals surface area (Å²) in [6.45, 7) is 0.902. The fourth-order valence-corrected chi connectivity index (χ4v) is 2.04. The average Bonchev–Trinajstić information content (AvgIpc) is 2.45. The van der Waals surface area contributed by atoms with E-state index in [9.17, 15) is 4.79 Å². The lowest BCUT2D eigenvalue weighted by atomic mass is 10.1. The van der Waals surface area contributed by atoms with Gasteiger partial charge in [0.05, 0.1) is 14.2 Å². The zero-order valence-electron chi connectivity index (χ0n) is 11.0. The number of rotatable bonds is 7. The first-order valence-corrected chi connectivity index (χ1v) is 6.87. The lowest BCUT2D eigenvalue weighted by Gasteiger charge is -2.21. The van der Waals surface area contributed by atoms with Crippen molar-refractivity contribution in [2.45, 2.75) is 0 Å². The number of hydrogen-bond acceptors (Lipinski definition) is 3. The van der Waals surface area contributed by atoms with Gasteiger partial charge in [0, 0.05) is 36.5 Å². The first kappa shape index (κ1) is 15.9. The molecule has 4 nitrogen and oxygen atoms in total. The van der Waals surface area contributed by atoms with Crippen molar-refractivity contribution >= 4 is 29.1 Å². The van der Waals surface area contributed by atoms with Crippen LogP contribution in [-0.4, -0.2) is 49.9 Å². The Kier molecular flexibility index (Phi) is 6.81. The highest BCUT2D eigenvalue weighted by molar-refractivity contribution is 6.18. The zero-order chi connectivity index (χ0) is 14.3. The van der Waals surface area contributed by atoms with Gasteiger partial charge in [0.2, 0.25) is 0 Å². The first-order chi connectivity index (χ1) is 9.15. The van der Waals surface area contributed by atoms with Gasteiger partial charge in [0.25, 0.3) is 5.91 Å². The molecule has 0 unspecified atom stereocenters. The first-order valence-electron chi connectivity index (χ1n) is 5.80. The number of carbonyl (C=O) groups excluding carboxylic acids is 1. The third kappa shape index (κ3) is 4.48. The maximum absolute atomic E-state index is 12.4. The summed E-state index contributed by atoms with van der Waals surface area (Å²) >= 11 is 11.4. The fraction of sp³-hybridized carbons (Fsp3) is 0.462. The van der Waals surface area contributed by atoms with Gasteiger partial charge in [-0.15, -0.1) is 23.2 Å². The Bertz CT molecular complexity index is 398. The molecule has 0 N–H and O–H groups in total. The van der Waals surface area contributed by atoms with Crippen LogP contribution in [0.25, 0.3) is 0 Å². The predicted octanol–water partition coefficient (Wildman–Crippen LogP) is 2.62. The van der Waals surface area contributed by atoms with Crippen LogP contribution in [0.3, 0.4) is 0 Å². The summed E-state index contributed by atoms with van der Waals surface area (Å²) in [5.74, 6) is 1.73. The molecule has 0 aromatic heterocycles. The number of amides is 1. The van der Waals surface area contributed by atoms with Crippen LogP contribution in [0.5, 0.6) is 11.5 Å². The van der Waals surface area contributed by atoms with Gasteiger partial charge in [-0.2, -0.15) is 0 Å². The van der Waals surface area contributed by atoms with E-state index in [4.69, 9.17) is 32.7 Å². The molecule has 0 aliphatic carbocycles. The molecule has 1 aromatic rings. The molecule has 6 heteroatoms. The second-order valence-corrected chi connectivity index (χ2v) is 4.53. The van der Waals surface area contributed by atoms with Crippen molar-refractivity contribution in [1.29, 1.82) is 0 Å². The van der Waals surface area contributed by atoms with Gasteiger partial charge in [-0.3, -0.25) is 4.79 Å². The molecular weight excluding hydrogens is 289 g/mol. The van der Waals surface area contributed by atoms with Crippen molar-refractivity contribution in [2.24, 2.45) is 0 Å². The fourth-order valence-electron chi connectivity index (χ4n) is 1.63. The molecule has 0 bridgehead atoms. The summed E-state index contributed by atoms with van der Waals surface area (Å²) in [4.78, 5) is 14.0. The second-order valence-electron chi connectivity index (χ2n) is 3.77. The van der Waals surface area contributed by atoms with E-state index in [0.29, 0.717) is 41.9 Å². The van der Waals surface area contributed by atoms with Crippen LogP contribution < -0.4 is 9.47 Å². The molecule has 0 saturated heterocycles. The highest BCUT2D eigenvalue weighted by atomic mass is 35.5. The highest BCUT2D eigenvalue weighted by Crippen LogP contribution is 2.23. The zero-order valence-corrected chi connectivity index (χ0v) is 12.5. The Balaban J connectivity index is 3.01. The summed E-state index contributed by atoms with van der Waals surface area (Å²) in [6.07, 6.45) is 0. The number of alkyl halides is 2. The molecule has 106 valence electrons. The van der Waals surface area contributed by atoms with Gasteiger partial charge in [-0.05, 0) is 12.1 Å². The van der Waals surface area contributed by atoms with E-state index in [1.54, 1.807) is 37.3 Å². The molecule has 0 radical (unpaired) electrons. The molecule has 0 heterocycles.